The zero-order valence-electron chi connectivity index (χ0n) is 10.5. The molecule has 0 aliphatic heterocycles. The number of halogens is 1. The molecule has 1 aromatic carbocycles. The van der Waals surface area contributed by atoms with Crippen LogP contribution in [0.4, 0.5) is 0 Å². The zero-order chi connectivity index (χ0) is 12.8. The quantitative estimate of drug-likeness (QED) is 0.846. The molecule has 2 N–H and O–H groups in total. The smallest absolute Gasteiger partial charge is 0.234 e. The van der Waals surface area contributed by atoms with Gasteiger partial charge < -0.3 is 10.6 Å². The molecule has 0 saturated carbocycles. The minimum atomic E-state index is 0.0122. The Morgan fingerprint density at radius 3 is 2.71 bits per heavy atom. The molecular formula is C13H19ClN2O. The van der Waals surface area contributed by atoms with E-state index in [1.54, 1.807) is 0 Å². The third-order valence-electron chi connectivity index (χ3n) is 2.30. The van der Waals surface area contributed by atoms with E-state index < -0.39 is 0 Å². The lowest BCUT2D eigenvalue weighted by Gasteiger charge is -2.09. The van der Waals surface area contributed by atoms with Gasteiger partial charge in [-0.25, -0.2) is 0 Å². The average Bonchev–Trinajstić information content (AvgIpc) is 2.22. The van der Waals surface area contributed by atoms with Crippen LogP contribution in [0.3, 0.4) is 0 Å². The Hall–Kier alpha value is -1.06. The maximum Gasteiger partial charge on any atom is 0.234 e. The van der Waals surface area contributed by atoms with Gasteiger partial charge in [-0.3, -0.25) is 4.79 Å². The lowest BCUT2D eigenvalue weighted by molar-refractivity contribution is -0.120. The second-order valence-corrected chi connectivity index (χ2v) is 4.82. The molecular weight excluding hydrogens is 236 g/mol. The summed E-state index contributed by atoms with van der Waals surface area (Å²) >= 11 is 6.02. The molecule has 0 bridgehead atoms. The van der Waals surface area contributed by atoms with Crippen LogP contribution in [0.5, 0.6) is 0 Å². The monoisotopic (exact) mass is 254 g/mol. The minimum absolute atomic E-state index is 0.0122. The van der Waals surface area contributed by atoms with E-state index >= 15 is 0 Å². The molecule has 1 amide bonds. The third kappa shape index (κ3) is 5.20. The molecule has 0 aliphatic carbocycles. The van der Waals surface area contributed by atoms with Crippen LogP contribution in [0.25, 0.3) is 0 Å². The fourth-order valence-electron chi connectivity index (χ4n) is 1.44. The van der Waals surface area contributed by atoms with Gasteiger partial charge in [0, 0.05) is 17.6 Å². The van der Waals surface area contributed by atoms with Crippen molar-refractivity contribution in [3.05, 3.63) is 34.3 Å². The van der Waals surface area contributed by atoms with Crippen molar-refractivity contribution in [2.45, 2.75) is 33.4 Å². The van der Waals surface area contributed by atoms with Crippen LogP contribution >= 0.6 is 11.6 Å². The van der Waals surface area contributed by atoms with Gasteiger partial charge in [0.15, 0.2) is 0 Å². The predicted molar refractivity (Wildman–Crippen MR) is 71.2 cm³/mol. The summed E-state index contributed by atoms with van der Waals surface area (Å²) < 4.78 is 0. The molecule has 0 unspecified atom stereocenters. The SMILES string of the molecule is Cc1ccc(CNCC(=O)NC(C)C)cc1Cl. The number of rotatable bonds is 5. The normalized spacial score (nSPS) is 10.6. The Morgan fingerprint density at radius 2 is 2.12 bits per heavy atom. The van der Waals surface area contributed by atoms with Crippen LogP contribution in [-0.4, -0.2) is 18.5 Å². The van der Waals surface area contributed by atoms with Gasteiger partial charge in [0.2, 0.25) is 5.91 Å². The summed E-state index contributed by atoms with van der Waals surface area (Å²) in [5.41, 5.74) is 2.14. The van der Waals surface area contributed by atoms with Gasteiger partial charge in [-0.2, -0.15) is 0 Å². The summed E-state index contributed by atoms with van der Waals surface area (Å²) in [5, 5.41) is 6.66. The molecule has 17 heavy (non-hydrogen) atoms. The molecule has 0 aliphatic rings. The van der Waals surface area contributed by atoms with E-state index in [9.17, 15) is 4.79 Å². The lowest BCUT2D eigenvalue weighted by atomic mass is 10.1. The lowest BCUT2D eigenvalue weighted by Crippen LogP contribution is -2.37. The molecule has 0 aromatic heterocycles. The number of benzene rings is 1. The van der Waals surface area contributed by atoms with Crippen molar-refractivity contribution in [1.29, 1.82) is 0 Å². The fourth-order valence-corrected chi connectivity index (χ4v) is 1.64. The highest BCUT2D eigenvalue weighted by atomic mass is 35.5. The van der Waals surface area contributed by atoms with Gasteiger partial charge in [0.05, 0.1) is 6.54 Å². The number of hydrogen-bond donors (Lipinski definition) is 2. The Balaban J connectivity index is 2.36. The summed E-state index contributed by atoms with van der Waals surface area (Å²) in [7, 11) is 0. The van der Waals surface area contributed by atoms with Gasteiger partial charge >= 0.3 is 0 Å². The third-order valence-corrected chi connectivity index (χ3v) is 2.71. The highest BCUT2D eigenvalue weighted by molar-refractivity contribution is 6.31. The maximum absolute atomic E-state index is 11.4. The minimum Gasteiger partial charge on any atom is -0.353 e. The average molecular weight is 255 g/mol. The van der Waals surface area contributed by atoms with E-state index in [-0.39, 0.29) is 11.9 Å². The van der Waals surface area contributed by atoms with Crippen molar-refractivity contribution in [3.8, 4) is 0 Å². The largest absolute Gasteiger partial charge is 0.353 e. The molecule has 0 fully saturated rings. The number of nitrogens with one attached hydrogen (secondary N) is 2. The number of carbonyl (C=O) groups is 1. The molecule has 0 atom stereocenters. The molecule has 0 saturated heterocycles. The molecule has 0 spiro atoms. The summed E-state index contributed by atoms with van der Waals surface area (Å²) in [6, 6.07) is 6.09. The second kappa shape index (κ2) is 6.62. The topological polar surface area (TPSA) is 41.1 Å². The predicted octanol–water partition coefficient (Wildman–Crippen LogP) is 2.26. The Kier molecular flexibility index (Phi) is 5.45. The van der Waals surface area contributed by atoms with E-state index in [2.05, 4.69) is 10.6 Å². The second-order valence-electron chi connectivity index (χ2n) is 4.41. The van der Waals surface area contributed by atoms with Crippen molar-refractivity contribution in [1.82, 2.24) is 10.6 Å². The van der Waals surface area contributed by atoms with Crippen LogP contribution in [0.2, 0.25) is 5.02 Å². The first kappa shape index (κ1) is 14.0. The van der Waals surface area contributed by atoms with Gasteiger partial charge in [0.25, 0.3) is 0 Å². The molecule has 3 nitrogen and oxygen atoms in total. The van der Waals surface area contributed by atoms with E-state index in [0.717, 1.165) is 16.1 Å². The van der Waals surface area contributed by atoms with Crippen molar-refractivity contribution < 1.29 is 4.79 Å². The van der Waals surface area contributed by atoms with Crippen molar-refractivity contribution in [2.75, 3.05) is 6.54 Å². The van der Waals surface area contributed by atoms with Crippen LogP contribution in [0.1, 0.15) is 25.0 Å². The van der Waals surface area contributed by atoms with Crippen molar-refractivity contribution >= 4 is 17.5 Å². The number of carbonyl (C=O) groups excluding carboxylic acids is 1. The molecule has 94 valence electrons. The van der Waals surface area contributed by atoms with Gasteiger partial charge in [-0.15, -0.1) is 0 Å². The maximum atomic E-state index is 11.4. The Morgan fingerprint density at radius 1 is 1.41 bits per heavy atom. The highest BCUT2D eigenvalue weighted by Crippen LogP contribution is 2.16. The summed E-state index contributed by atoms with van der Waals surface area (Å²) in [6.07, 6.45) is 0. The van der Waals surface area contributed by atoms with E-state index in [0.29, 0.717) is 13.1 Å². The molecule has 1 rings (SSSR count). The molecule has 1 aromatic rings. The Labute approximate surface area is 108 Å². The van der Waals surface area contributed by atoms with Crippen LogP contribution < -0.4 is 10.6 Å². The highest BCUT2D eigenvalue weighted by Gasteiger charge is 2.03. The summed E-state index contributed by atoms with van der Waals surface area (Å²) in [4.78, 5) is 11.4. The fraction of sp³-hybridized carbons (Fsp3) is 0.462. The van der Waals surface area contributed by atoms with Gasteiger partial charge in [-0.1, -0.05) is 23.7 Å². The molecule has 4 heteroatoms. The van der Waals surface area contributed by atoms with Crippen molar-refractivity contribution in [3.63, 3.8) is 0 Å². The number of aryl methyl sites for hydroxylation is 1. The van der Waals surface area contributed by atoms with Crippen LogP contribution in [-0.2, 0) is 11.3 Å². The van der Waals surface area contributed by atoms with Gasteiger partial charge in [0.1, 0.15) is 0 Å². The first-order valence-electron chi connectivity index (χ1n) is 5.74. The Bertz CT molecular complexity index is 391. The van der Waals surface area contributed by atoms with Gasteiger partial charge in [-0.05, 0) is 38.0 Å². The summed E-state index contributed by atoms with van der Waals surface area (Å²) in [6.45, 7) is 6.82. The first-order valence-corrected chi connectivity index (χ1v) is 6.12. The molecule has 0 heterocycles. The standard InChI is InChI=1S/C13H19ClN2O/c1-9(2)16-13(17)8-15-7-11-5-4-10(3)12(14)6-11/h4-6,9,15H,7-8H2,1-3H3,(H,16,17). The first-order chi connectivity index (χ1) is 7.99. The van der Waals surface area contributed by atoms with E-state index in [4.69, 9.17) is 11.6 Å². The summed E-state index contributed by atoms with van der Waals surface area (Å²) in [5.74, 6) is 0.0122. The van der Waals surface area contributed by atoms with E-state index in [1.807, 2.05) is 39.0 Å². The zero-order valence-corrected chi connectivity index (χ0v) is 11.3. The van der Waals surface area contributed by atoms with Crippen LogP contribution in [0, 0.1) is 6.92 Å². The van der Waals surface area contributed by atoms with E-state index in [1.165, 1.54) is 0 Å². The van der Waals surface area contributed by atoms with Crippen molar-refractivity contribution in [2.24, 2.45) is 0 Å². The number of hydrogen-bond acceptors (Lipinski definition) is 2. The number of amides is 1. The van der Waals surface area contributed by atoms with Crippen LogP contribution in [0.15, 0.2) is 18.2 Å². The molecule has 0 radical (unpaired) electrons.